The standard InChI is InChI=1S/C17H25N2O7P/c1-3-7-13(16(21)19-14(27(23)24)10-15(20)25-2)18-17(22)26-11-12-8-5-4-6-9-12/h4-6,8-9,13-14,27H,3,7,10-11H2,1-2H3,(H,18,22)(H,19,21)(H,23,24)/t13-,14?/m0/s1. The minimum Gasteiger partial charge on any atom is -0.469 e. The quantitative estimate of drug-likeness (QED) is 0.401. The predicted octanol–water partition coefficient (Wildman–Crippen LogP) is 1.55. The highest BCUT2D eigenvalue weighted by molar-refractivity contribution is 7.38. The van der Waals surface area contributed by atoms with Gasteiger partial charge in [0, 0.05) is 0 Å². The molecule has 3 N–H and O–H groups in total. The Bertz CT molecular complexity index is 654. The molecule has 27 heavy (non-hydrogen) atoms. The Balaban J connectivity index is 2.63. The third kappa shape index (κ3) is 8.70. The van der Waals surface area contributed by atoms with E-state index in [1.54, 1.807) is 12.1 Å². The van der Waals surface area contributed by atoms with Crippen molar-refractivity contribution in [3.63, 3.8) is 0 Å². The maximum absolute atomic E-state index is 12.4. The summed E-state index contributed by atoms with van der Waals surface area (Å²) >= 11 is 0. The van der Waals surface area contributed by atoms with Gasteiger partial charge in [0.15, 0.2) is 0 Å². The lowest BCUT2D eigenvalue weighted by molar-refractivity contribution is -0.140. The summed E-state index contributed by atoms with van der Waals surface area (Å²) in [7, 11) is -2.08. The van der Waals surface area contributed by atoms with Crippen molar-refractivity contribution in [2.24, 2.45) is 0 Å². The molecule has 0 saturated heterocycles. The summed E-state index contributed by atoms with van der Waals surface area (Å²) in [6.07, 6.45) is -0.349. The highest BCUT2D eigenvalue weighted by Gasteiger charge is 2.27. The van der Waals surface area contributed by atoms with E-state index in [4.69, 9.17) is 4.74 Å². The summed E-state index contributed by atoms with van der Waals surface area (Å²) in [5, 5.41) is 4.76. The Kier molecular flexibility index (Phi) is 10.1. The molecule has 1 rings (SSSR count). The first-order valence-corrected chi connectivity index (χ1v) is 9.87. The van der Waals surface area contributed by atoms with Crippen LogP contribution in [0.25, 0.3) is 0 Å². The van der Waals surface area contributed by atoms with Gasteiger partial charge in [0.25, 0.3) is 0 Å². The largest absolute Gasteiger partial charge is 0.469 e. The molecule has 0 aliphatic heterocycles. The zero-order valence-electron chi connectivity index (χ0n) is 15.3. The smallest absolute Gasteiger partial charge is 0.408 e. The topological polar surface area (TPSA) is 131 Å². The van der Waals surface area contributed by atoms with Crippen molar-refractivity contribution in [2.45, 2.75) is 44.6 Å². The fourth-order valence-electron chi connectivity index (χ4n) is 2.19. The SMILES string of the molecule is CCC[C@H](NC(=O)OCc1ccccc1)C(=O)NC(CC(=O)OC)[PH](=O)O. The van der Waals surface area contributed by atoms with Gasteiger partial charge in [0.1, 0.15) is 18.4 Å². The van der Waals surface area contributed by atoms with Crippen LogP contribution in [0.1, 0.15) is 31.7 Å². The molecule has 2 unspecified atom stereocenters. The maximum atomic E-state index is 12.4. The average Bonchev–Trinajstić information content (AvgIpc) is 2.66. The zero-order valence-corrected chi connectivity index (χ0v) is 16.3. The van der Waals surface area contributed by atoms with Gasteiger partial charge in [-0.25, -0.2) is 4.79 Å². The van der Waals surface area contributed by atoms with Crippen molar-refractivity contribution in [1.29, 1.82) is 0 Å². The second-order valence-electron chi connectivity index (χ2n) is 5.73. The first-order chi connectivity index (χ1) is 12.9. The molecule has 1 aromatic carbocycles. The number of rotatable bonds is 10. The molecule has 150 valence electrons. The molecule has 2 amide bonds. The number of amides is 2. The molecule has 10 heteroatoms. The van der Waals surface area contributed by atoms with E-state index < -0.39 is 44.2 Å². The van der Waals surface area contributed by atoms with Crippen LogP contribution in [0.2, 0.25) is 0 Å². The molecule has 1 aromatic rings. The van der Waals surface area contributed by atoms with Crippen molar-refractivity contribution in [3.8, 4) is 0 Å². The highest BCUT2D eigenvalue weighted by atomic mass is 31.1. The summed E-state index contributed by atoms with van der Waals surface area (Å²) in [6.45, 7) is 1.86. The number of hydrogen-bond donors (Lipinski definition) is 3. The van der Waals surface area contributed by atoms with Crippen LogP contribution in [0.3, 0.4) is 0 Å². The normalized spacial score (nSPS) is 13.7. The minimum absolute atomic E-state index is 0.0441. The van der Waals surface area contributed by atoms with Gasteiger partial charge < -0.3 is 25.0 Å². The number of benzene rings is 1. The van der Waals surface area contributed by atoms with E-state index in [1.807, 2.05) is 25.1 Å². The zero-order chi connectivity index (χ0) is 20.2. The van der Waals surface area contributed by atoms with E-state index in [9.17, 15) is 23.8 Å². The Hall–Kier alpha value is -2.38. The summed E-state index contributed by atoms with van der Waals surface area (Å²) < 4.78 is 20.9. The van der Waals surface area contributed by atoms with Crippen LogP contribution in [0.4, 0.5) is 4.79 Å². The predicted molar refractivity (Wildman–Crippen MR) is 98.2 cm³/mol. The molecule has 3 atom stereocenters. The molecule has 0 spiro atoms. The van der Waals surface area contributed by atoms with E-state index >= 15 is 0 Å². The number of hydrogen-bond acceptors (Lipinski definition) is 6. The lowest BCUT2D eigenvalue weighted by Gasteiger charge is -2.21. The third-order valence-corrected chi connectivity index (χ3v) is 4.56. The Labute approximate surface area is 158 Å². The Morgan fingerprint density at radius 2 is 1.85 bits per heavy atom. The minimum atomic E-state index is -3.22. The fourth-order valence-corrected chi connectivity index (χ4v) is 2.79. The monoisotopic (exact) mass is 400 g/mol. The van der Waals surface area contributed by atoms with Crippen molar-refractivity contribution in [1.82, 2.24) is 10.6 Å². The lowest BCUT2D eigenvalue weighted by atomic mass is 10.1. The average molecular weight is 400 g/mol. The van der Waals surface area contributed by atoms with Crippen molar-refractivity contribution in [3.05, 3.63) is 35.9 Å². The van der Waals surface area contributed by atoms with Crippen LogP contribution in [0.5, 0.6) is 0 Å². The molecule has 0 fully saturated rings. The van der Waals surface area contributed by atoms with Crippen LogP contribution in [-0.4, -0.2) is 41.8 Å². The first kappa shape index (κ1) is 22.7. The van der Waals surface area contributed by atoms with Gasteiger partial charge in [-0.05, 0) is 12.0 Å². The van der Waals surface area contributed by atoms with Gasteiger partial charge in [-0.2, -0.15) is 0 Å². The number of methoxy groups -OCH3 is 1. The maximum Gasteiger partial charge on any atom is 0.408 e. The van der Waals surface area contributed by atoms with Crippen LogP contribution >= 0.6 is 8.03 Å². The van der Waals surface area contributed by atoms with E-state index in [1.165, 1.54) is 0 Å². The summed E-state index contributed by atoms with van der Waals surface area (Å²) in [4.78, 5) is 44.9. The molecule has 0 heterocycles. The summed E-state index contributed by atoms with van der Waals surface area (Å²) in [6, 6.07) is 8.08. The van der Waals surface area contributed by atoms with E-state index in [2.05, 4.69) is 15.4 Å². The van der Waals surface area contributed by atoms with E-state index in [0.717, 1.165) is 12.7 Å². The molecule has 0 radical (unpaired) electrons. The number of ether oxygens (including phenoxy) is 2. The molecule has 0 saturated carbocycles. The Morgan fingerprint density at radius 1 is 1.19 bits per heavy atom. The van der Waals surface area contributed by atoms with Crippen LogP contribution < -0.4 is 10.6 Å². The number of nitrogens with one attached hydrogen (secondary N) is 2. The second kappa shape index (κ2) is 12.1. The second-order valence-corrected chi connectivity index (χ2v) is 7.10. The molecule has 9 nitrogen and oxygen atoms in total. The van der Waals surface area contributed by atoms with Crippen molar-refractivity contribution < 1.29 is 33.3 Å². The number of carbonyl (C=O) groups is 3. The van der Waals surface area contributed by atoms with Gasteiger partial charge in [-0.15, -0.1) is 0 Å². The molecule has 0 aromatic heterocycles. The number of alkyl carbamates (subject to hydrolysis) is 1. The third-order valence-electron chi connectivity index (χ3n) is 3.61. The van der Waals surface area contributed by atoms with Crippen LogP contribution in [0, 0.1) is 0 Å². The van der Waals surface area contributed by atoms with Crippen LogP contribution in [-0.2, 0) is 30.2 Å². The fraction of sp³-hybridized carbons (Fsp3) is 0.471. The van der Waals surface area contributed by atoms with E-state index in [0.29, 0.717) is 12.8 Å². The van der Waals surface area contributed by atoms with Gasteiger partial charge >= 0.3 is 12.1 Å². The Morgan fingerprint density at radius 3 is 2.41 bits per heavy atom. The molecular weight excluding hydrogens is 375 g/mol. The number of carbonyl (C=O) groups excluding carboxylic acids is 3. The van der Waals surface area contributed by atoms with Gasteiger partial charge in [0.05, 0.1) is 13.5 Å². The van der Waals surface area contributed by atoms with E-state index in [-0.39, 0.29) is 6.61 Å². The lowest BCUT2D eigenvalue weighted by Crippen LogP contribution is -2.49. The first-order valence-electron chi connectivity index (χ1n) is 8.44. The van der Waals surface area contributed by atoms with Gasteiger partial charge in [-0.3, -0.25) is 14.2 Å². The van der Waals surface area contributed by atoms with Crippen molar-refractivity contribution >= 4 is 26.0 Å². The van der Waals surface area contributed by atoms with Crippen LogP contribution in [0.15, 0.2) is 30.3 Å². The van der Waals surface area contributed by atoms with Gasteiger partial charge in [0.2, 0.25) is 13.9 Å². The molecule has 0 aliphatic rings. The highest BCUT2D eigenvalue weighted by Crippen LogP contribution is 2.23. The van der Waals surface area contributed by atoms with Gasteiger partial charge in [-0.1, -0.05) is 43.7 Å². The molecular formula is C17H25N2O7P. The molecule has 0 aliphatic carbocycles. The summed E-state index contributed by atoms with van der Waals surface area (Å²) in [5.41, 5.74) is 0.793. The van der Waals surface area contributed by atoms with Crippen molar-refractivity contribution in [2.75, 3.05) is 7.11 Å². The molecule has 0 bridgehead atoms. The number of esters is 1. The summed E-state index contributed by atoms with van der Waals surface area (Å²) in [5.74, 6) is -2.67.